The molecule has 0 spiro atoms. The van der Waals surface area contributed by atoms with Crippen molar-refractivity contribution < 1.29 is 0 Å². The normalized spacial score (nSPS) is 19.2. The summed E-state index contributed by atoms with van der Waals surface area (Å²) in [5.74, 6) is 0.322. The zero-order valence-electron chi connectivity index (χ0n) is 26.9. The van der Waals surface area contributed by atoms with Crippen LogP contribution >= 0.6 is 0 Å². The van der Waals surface area contributed by atoms with Crippen LogP contribution in [0.3, 0.4) is 0 Å². The van der Waals surface area contributed by atoms with Crippen LogP contribution in [0, 0.1) is 11.3 Å². The SMILES string of the molecule is C=C/C=C(\C=C/CC)c1cccc(-c2ccc(C3=c4ccccc4=C(c4ccc5ccccc5c4)C4(C)C3=CC=CC4C)cc2)n1. The number of hydrogen-bond acceptors (Lipinski definition) is 1. The third-order valence-corrected chi connectivity index (χ3v) is 9.77. The van der Waals surface area contributed by atoms with Crippen LogP contribution in [0.25, 0.3) is 38.7 Å². The minimum absolute atomic E-state index is 0.199. The summed E-state index contributed by atoms with van der Waals surface area (Å²) in [5.41, 5.74) is 10.5. The van der Waals surface area contributed by atoms with E-state index < -0.39 is 0 Å². The van der Waals surface area contributed by atoms with Crippen molar-refractivity contribution in [2.45, 2.75) is 27.2 Å². The van der Waals surface area contributed by atoms with Crippen LogP contribution in [-0.2, 0) is 0 Å². The molecule has 224 valence electrons. The highest BCUT2D eigenvalue weighted by Crippen LogP contribution is 2.53. The molecule has 2 aliphatic carbocycles. The molecular weight excluding hydrogens is 555 g/mol. The molecule has 0 fully saturated rings. The van der Waals surface area contributed by atoms with Gasteiger partial charge in [0.25, 0.3) is 0 Å². The lowest BCUT2D eigenvalue weighted by Crippen LogP contribution is -2.45. The second-order valence-corrected chi connectivity index (χ2v) is 12.5. The van der Waals surface area contributed by atoms with E-state index in [0.29, 0.717) is 5.92 Å². The topological polar surface area (TPSA) is 12.9 Å². The van der Waals surface area contributed by atoms with Crippen LogP contribution in [-0.4, -0.2) is 4.98 Å². The van der Waals surface area contributed by atoms with Crippen LogP contribution in [0.4, 0.5) is 0 Å². The molecule has 1 nitrogen and oxygen atoms in total. The molecule has 1 aromatic heterocycles. The van der Waals surface area contributed by atoms with Crippen LogP contribution in [0.15, 0.2) is 164 Å². The van der Waals surface area contributed by atoms with Gasteiger partial charge in [0, 0.05) is 11.0 Å². The molecular formula is C45H39N. The lowest BCUT2D eigenvalue weighted by molar-refractivity contribution is 0.415. The van der Waals surface area contributed by atoms with Crippen molar-refractivity contribution in [2.24, 2.45) is 11.3 Å². The Morgan fingerprint density at radius 1 is 0.804 bits per heavy atom. The van der Waals surface area contributed by atoms with E-state index in [1.54, 1.807) is 0 Å². The maximum absolute atomic E-state index is 5.05. The zero-order chi connectivity index (χ0) is 31.7. The molecule has 2 atom stereocenters. The van der Waals surface area contributed by atoms with Crippen LogP contribution in [0.1, 0.15) is 44.0 Å². The molecule has 1 heterocycles. The van der Waals surface area contributed by atoms with Crippen molar-refractivity contribution in [1.82, 2.24) is 4.98 Å². The third-order valence-electron chi connectivity index (χ3n) is 9.77. The number of pyridine rings is 1. The summed E-state index contributed by atoms with van der Waals surface area (Å²) in [5, 5.41) is 5.14. The van der Waals surface area contributed by atoms with E-state index in [4.69, 9.17) is 4.98 Å². The van der Waals surface area contributed by atoms with Gasteiger partial charge < -0.3 is 0 Å². The smallest absolute Gasteiger partial charge is 0.0709 e. The highest BCUT2D eigenvalue weighted by atomic mass is 14.7. The van der Waals surface area contributed by atoms with E-state index in [0.717, 1.165) is 28.9 Å². The number of benzene rings is 4. The Morgan fingerprint density at radius 3 is 2.30 bits per heavy atom. The molecule has 0 saturated carbocycles. The van der Waals surface area contributed by atoms with Crippen molar-refractivity contribution in [2.75, 3.05) is 0 Å². The summed E-state index contributed by atoms with van der Waals surface area (Å²) < 4.78 is 0. The van der Waals surface area contributed by atoms with E-state index >= 15 is 0 Å². The lowest BCUT2D eigenvalue weighted by atomic mass is 9.58. The summed E-state index contributed by atoms with van der Waals surface area (Å²) >= 11 is 0. The summed E-state index contributed by atoms with van der Waals surface area (Å²) in [6, 6.07) is 39.8. The molecule has 46 heavy (non-hydrogen) atoms. The second kappa shape index (κ2) is 12.3. The van der Waals surface area contributed by atoms with E-state index in [1.807, 2.05) is 12.2 Å². The fourth-order valence-electron chi connectivity index (χ4n) is 7.25. The van der Waals surface area contributed by atoms with E-state index in [1.165, 1.54) is 49.1 Å². The predicted molar refractivity (Wildman–Crippen MR) is 196 cm³/mol. The molecule has 4 aromatic carbocycles. The van der Waals surface area contributed by atoms with Crippen molar-refractivity contribution in [1.29, 1.82) is 0 Å². The Hall–Kier alpha value is -5.27. The van der Waals surface area contributed by atoms with Gasteiger partial charge in [-0.25, -0.2) is 4.98 Å². The van der Waals surface area contributed by atoms with Gasteiger partial charge in [-0.05, 0) is 85.2 Å². The summed E-state index contributed by atoms with van der Waals surface area (Å²) in [6.45, 7) is 10.9. The zero-order valence-corrected chi connectivity index (χ0v) is 26.9. The van der Waals surface area contributed by atoms with Gasteiger partial charge in [0.1, 0.15) is 0 Å². The van der Waals surface area contributed by atoms with Crippen LogP contribution in [0.2, 0.25) is 0 Å². The highest BCUT2D eigenvalue weighted by molar-refractivity contribution is 5.94. The van der Waals surface area contributed by atoms with Gasteiger partial charge in [0.2, 0.25) is 0 Å². The van der Waals surface area contributed by atoms with Gasteiger partial charge in [0.15, 0.2) is 0 Å². The minimum Gasteiger partial charge on any atom is -0.248 e. The van der Waals surface area contributed by atoms with Crippen molar-refractivity contribution in [3.8, 4) is 11.3 Å². The fourth-order valence-corrected chi connectivity index (χ4v) is 7.25. The highest BCUT2D eigenvalue weighted by Gasteiger charge is 2.43. The molecule has 0 saturated heterocycles. The van der Waals surface area contributed by atoms with E-state index in [-0.39, 0.29) is 5.41 Å². The first-order valence-electron chi connectivity index (χ1n) is 16.3. The molecule has 0 bridgehead atoms. The second-order valence-electron chi connectivity index (χ2n) is 12.5. The van der Waals surface area contributed by atoms with Gasteiger partial charge in [-0.3, -0.25) is 0 Å². The average Bonchev–Trinajstić information content (AvgIpc) is 3.10. The number of rotatable bonds is 7. The van der Waals surface area contributed by atoms with E-state index in [9.17, 15) is 0 Å². The Kier molecular flexibility index (Phi) is 7.84. The quantitative estimate of drug-likeness (QED) is 0.171. The first-order valence-corrected chi connectivity index (χ1v) is 16.3. The van der Waals surface area contributed by atoms with Gasteiger partial charge >= 0.3 is 0 Å². The third kappa shape index (κ3) is 5.03. The number of fused-ring (bicyclic) bond motifs is 3. The van der Waals surface area contributed by atoms with Crippen LogP contribution in [0.5, 0.6) is 0 Å². The number of nitrogens with zero attached hydrogens (tertiary/aromatic N) is 1. The Bertz CT molecular complexity index is 2220. The Balaban J connectivity index is 1.41. The van der Waals surface area contributed by atoms with Gasteiger partial charge in [-0.15, -0.1) is 0 Å². The Morgan fingerprint density at radius 2 is 1.52 bits per heavy atom. The first kappa shape index (κ1) is 29.4. The average molecular weight is 594 g/mol. The molecule has 1 heteroatoms. The summed E-state index contributed by atoms with van der Waals surface area (Å²) in [7, 11) is 0. The van der Waals surface area contributed by atoms with Crippen molar-refractivity contribution in [3.05, 3.63) is 191 Å². The number of allylic oxidation sites excluding steroid dienone is 9. The molecule has 0 radical (unpaired) electrons. The first-order chi connectivity index (χ1) is 22.5. The van der Waals surface area contributed by atoms with Gasteiger partial charge in [-0.2, -0.15) is 0 Å². The number of aromatic nitrogens is 1. The maximum atomic E-state index is 5.05. The largest absolute Gasteiger partial charge is 0.248 e. The standard InChI is InChI=1S/C45H39N/c1-5-7-16-33(14-6-2)41-22-13-23-42(46-41)34-25-27-35(28-26-34)43-38-19-10-11-20-39(38)44(45(4)31(3)15-12-21-40(43)45)37-29-24-32-17-8-9-18-36(32)30-37/h6-31H,2,5H2,1,3-4H3/b16-7-,33-14+. The molecule has 2 aliphatic rings. The summed E-state index contributed by atoms with van der Waals surface area (Å²) in [4.78, 5) is 5.05. The maximum Gasteiger partial charge on any atom is 0.0709 e. The van der Waals surface area contributed by atoms with Gasteiger partial charge in [0.05, 0.1) is 11.4 Å². The molecule has 0 N–H and O–H groups in total. The minimum atomic E-state index is -0.199. The van der Waals surface area contributed by atoms with Gasteiger partial charge in [-0.1, -0.05) is 161 Å². The molecule has 2 unspecified atom stereocenters. The summed E-state index contributed by atoms with van der Waals surface area (Å²) in [6.07, 6.45) is 16.1. The molecule has 0 aliphatic heterocycles. The fraction of sp³-hybridized carbons (Fsp3) is 0.133. The molecule has 0 amide bonds. The lowest BCUT2D eigenvalue weighted by Gasteiger charge is -2.44. The van der Waals surface area contributed by atoms with Crippen molar-refractivity contribution in [3.63, 3.8) is 0 Å². The predicted octanol–water partition coefficient (Wildman–Crippen LogP) is 9.99. The van der Waals surface area contributed by atoms with E-state index in [2.05, 4.69) is 167 Å². The van der Waals surface area contributed by atoms with Crippen LogP contribution < -0.4 is 10.4 Å². The molecule has 5 aromatic rings. The number of hydrogen-bond donors (Lipinski definition) is 0. The monoisotopic (exact) mass is 593 g/mol. The van der Waals surface area contributed by atoms with Crippen molar-refractivity contribution >= 4 is 27.5 Å². The Labute approximate surface area is 272 Å². The molecule has 7 rings (SSSR count).